The Balaban J connectivity index is 1.77. The van der Waals surface area contributed by atoms with Gasteiger partial charge in [-0.1, -0.05) is 13.3 Å². The number of aromatic nitrogens is 2. The predicted octanol–water partition coefficient (Wildman–Crippen LogP) is 3.41. The second-order valence-corrected chi connectivity index (χ2v) is 7.41. The molecule has 4 aliphatic rings. The second kappa shape index (κ2) is 4.00. The highest BCUT2D eigenvalue weighted by Gasteiger charge is 2.53. The minimum absolute atomic E-state index is 0.385. The normalized spacial score (nSPS) is 39.9. The van der Waals surface area contributed by atoms with E-state index in [0.29, 0.717) is 5.41 Å². The summed E-state index contributed by atoms with van der Waals surface area (Å²) in [4.78, 5) is 0. The van der Waals surface area contributed by atoms with Gasteiger partial charge in [0.2, 0.25) is 0 Å². The van der Waals surface area contributed by atoms with Crippen LogP contribution in [0.5, 0.6) is 0 Å². The molecule has 4 bridgehead atoms. The highest BCUT2D eigenvalue weighted by Crippen LogP contribution is 2.61. The van der Waals surface area contributed by atoms with Gasteiger partial charge in [-0.05, 0) is 62.7 Å². The van der Waals surface area contributed by atoms with Gasteiger partial charge in [-0.3, -0.25) is 5.10 Å². The van der Waals surface area contributed by atoms with E-state index < -0.39 is 0 Å². The molecule has 3 N–H and O–H groups in total. The zero-order chi connectivity index (χ0) is 13.0. The Labute approximate surface area is 115 Å². The summed E-state index contributed by atoms with van der Waals surface area (Å²) in [6.07, 6.45) is 10.8. The summed E-state index contributed by atoms with van der Waals surface area (Å²) >= 11 is 0. The molecular formula is C16H25N3. The number of aromatic amines is 1. The maximum atomic E-state index is 6.25. The largest absolute Gasteiger partial charge is 0.382 e. The molecule has 0 aliphatic heterocycles. The molecular weight excluding hydrogens is 234 g/mol. The molecule has 0 atom stereocenters. The fourth-order valence-electron chi connectivity index (χ4n) is 5.83. The molecule has 19 heavy (non-hydrogen) atoms. The number of anilines is 1. The van der Waals surface area contributed by atoms with Crippen LogP contribution in [0.15, 0.2) is 0 Å². The lowest BCUT2D eigenvalue weighted by Crippen LogP contribution is -2.49. The minimum Gasteiger partial charge on any atom is -0.382 e. The lowest BCUT2D eigenvalue weighted by molar-refractivity contribution is -0.00521. The van der Waals surface area contributed by atoms with Gasteiger partial charge in [0.05, 0.1) is 0 Å². The topological polar surface area (TPSA) is 54.7 Å². The summed E-state index contributed by atoms with van der Waals surface area (Å²) in [5, 5.41) is 7.57. The molecule has 3 nitrogen and oxygen atoms in total. The average Bonchev–Trinajstić information content (AvgIpc) is 2.70. The first-order chi connectivity index (χ1) is 9.20. The second-order valence-electron chi connectivity index (χ2n) is 7.41. The molecule has 5 rings (SSSR count). The Morgan fingerprint density at radius 2 is 1.74 bits per heavy atom. The van der Waals surface area contributed by atoms with E-state index >= 15 is 0 Å². The SMILES string of the molecule is CCCc1[nH]nc(N)c1C12CC3CC(CC(C3)C1)C2. The van der Waals surface area contributed by atoms with Crippen molar-refractivity contribution in [3.8, 4) is 0 Å². The summed E-state index contributed by atoms with van der Waals surface area (Å²) in [6, 6.07) is 0. The summed E-state index contributed by atoms with van der Waals surface area (Å²) in [5.41, 5.74) is 9.40. The van der Waals surface area contributed by atoms with Crippen molar-refractivity contribution >= 4 is 5.82 Å². The van der Waals surface area contributed by atoms with E-state index in [0.717, 1.165) is 30.0 Å². The van der Waals surface area contributed by atoms with Crippen LogP contribution in [-0.2, 0) is 11.8 Å². The third-order valence-electron chi connectivity index (χ3n) is 5.94. The van der Waals surface area contributed by atoms with Gasteiger partial charge in [-0.25, -0.2) is 0 Å². The van der Waals surface area contributed by atoms with Gasteiger partial charge in [0.25, 0.3) is 0 Å². The first-order valence-corrected chi connectivity index (χ1v) is 8.03. The van der Waals surface area contributed by atoms with Crippen molar-refractivity contribution in [2.45, 2.75) is 63.7 Å². The number of hydrogen-bond donors (Lipinski definition) is 2. The summed E-state index contributed by atoms with van der Waals surface area (Å²) in [7, 11) is 0. The molecule has 0 aromatic carbocycles. The lowest BCUT2D eigenvalue weighted by Gasteiger charge is -2.57. The molecule has 1 heterocycles. The third kappa shape index (κ3) is 1.66. The highest BCUT2D eigenvalue weighted by atomic mass is 15.2. The van der Waals surface area contributed by atoms with E-state index in [1.807, 2.05) is 0 Å². The predicted molar refractivity (Wildman–Crippen MR) is 76.8 cm³/mol. The third-order valence-corrected chi connectivity index (χ3v) is 5.94. The Morgan fingerprint density at radius 3 is 2.26 bits per heavy atom. The first kappa shape index (κ1) is 11.8. The van der Waals surface area contributed by atoms with E-state index in [2.05, 4.69) is 17.1 Å². The van der Waals surface area contributed by atoms with Crippen molar-refractivity contribution in [2.75, 3.05) is 5.73 Å². The van der Waals surface area contributed by atoms with Crippen molar-refractivity contribution in [3.05, 3.63) is 11.3 Å². The Morgan fingerprint density at radius 1 is 1.16 bits per heavy atom. The van der Waals surface area contributed by atoms with Gasteiger partial charge in [0.1, 0.15) is 5.82 Å². The van der Waals surface area contributed by atoms with Crippen molar-refractivity contribution in [2.24, 2.45) is 17.8 Å². The Kier molecular flexibility index (Phi) is 2.49. The van der Waals surface area contributed by atoms with Crippen LogP contribution in [0.4, 0.5) is 5.82 Å². The van der Waals surface area contributed by atoms with E-state index in [1.165, 1.54) is 56.2 Å². The number of rotatable bonds is 3. The van der Waals surface area contributed by atoms with Crippen LogP contribution in [0.3, 0.4) is 0 Å². The van der Waals surface area contributed by atoms with Gasteiger partial charge < -0.3 is 5.73 Å². The fourth-order valence-corrected chi connectivity index (χ4v) is 5.83. The van der Waals surface area contributed by atoms with Crippen LogP contribution in [-0.4, -0.2) is 10.2 Å². The van der Waals surface area contributed by atoms with E-state index in [4.69, 9.17) is 5.73 Å². The number of H-pyrrole nitrogens is 1. The van der Waals surface area contributed by atoms with Crippen molar-refractivity contribution in [1.29, 1.82) is 0 Å². The summed E-state index contributed by atoms with van der Waals surface area (Å²) < 4.78 is 0. The van der Waals surface area contributed by atoms with Gasteiger partial charge in [0.15, 0.2) is 0 Å². The van der Waals surface area contributed by atoms with E-state index in [1.54, 1.807) is 0 Å². The molecule has 0 radical (unpaired) electrons. The van der Waals surface area contributed by atoms with Gasteiger partial charge in [-0.15, -0.1) is 0 Å². The molecule has 4 fully saturated rings. The average molecular weight is 259 g/mol. The van der Waals surface area contributed by atoms with Gasteiger partial charge in [0, 0.05) is 16.7 Å². The summed E-state index contributed by atoms with van der Waals surface area (Å²) in [6.45, 7) is 2.24. The van der Waals surface area contributed by atoms with E-state index in [9.17, 15) is 0 Å². The summed E-state index contributed by atoms with van der Waals surface area (Å²) in [5.74, 6) is 3.70. The van der Waals surface area contributed by atoms with Crippen molar-refractivity contribution < 1.29 is 0 Å². The van der Waals surface area contributed by atoms with Crippen LogP contribution in [0.2, 0.25) is 0 Å². The Hall–Kier alpha value is -0.990. The fraction of sp³-hybridized carbons (Fsp3) is 0.812. The smallest absolute Gasteiger partial charge is 0.149 e. The maximum absolute atomic E-state index is 6.25. The molecule has 3 heteroatoms. The maximum Gasteiger partial charge on any atom is 0.149 e. The molecule has 1 aromatic rings. The number of nitrogen functional groups attached to an aromatic ring is 1. The monoisotopic (exact) mass is 259 g/mol. The van der Waals surface area contributed by atoms with Crippen LogP contribution in [0, 0.1) is 17.8 Å². The quantitative estimate of drug-likeness (QED) is 0.874. The van der Waals surface area contributed by atoms with Crippen LogP contribution in [0.25, 0.3) is 0 Å². The minimum atomic E-state index is 0.385. The number of nitrogens with one attached hydrogen (secondary N) is 1. The molecule has 4 aliphatic carbocycles. The molecule has 0 saturated heterocycles. The molecule has 1 aromatic heterocycles. The van der Waals surface area contributed by atoms with Crippen LogP contribution >= 0.6 is 0 Å². The zero-order valence-electron chi connectivity index (χ0n) is 11.9. The molecule has 0 spiro atoms. The van der Waals surface area contributed by atoms with E-state index in [-0.39, 0.29) is 0 Å². The molecule has 4 saturated carbocycles. The van der Waals surface area contributed by atoms with Crippen LogP contribution < -0.4 is 5.73 Å². The van der Waals surface area contributed by atoms with Crippen molar-refractivity contribution in [3.63, 3.8) is 0 Å². The zero-order valence-corrected chi connectivity index (χ0v) is 11.9. The lowest BCUT2D eigenvalue weighted by atomic mass is 9.48. The molecule has 0 unspecified atom stereocenters. The van der Waals surface area contributed by atoms with Crippen molar-refractivity contribution in [1.82, 2.24) is 10.2 Å². The molecule has 0 amide bonds. The highest BCUT2D eigenvalue weighted by molar-refractivity contribution is 5.49. The first-order valence-electron chi connectivity index (χ1n) is 8.03. The number of nitrogens with zero attached hydrogens (tertiary/aromatic N) is 1. The van der Waals surface area contributed by atoms with Gasteiger partial charge in [-0.2, -0.15) is 5.10 Å². The standard InChI is InChI=1S/C16H25N3/c1-2-3-13-14(15(17)19-18-13)16-7-10-4-11(8-16)6-12(5-10)9-16/h10-12H,2-9H2,1H3,(H3,17,18,19). The molecule has 104 valence electrons. The van der Waals surface area contributed by atoms with Crippen LogP contribution in [0.1, 0.15) is 63.1 Å². The van der Waals surface area contributed by atoms with Gasteiger partial charge >= 0.3 is 0 Å². The number of hydrogen-bond acceptors (Lipinski definition) is 2. The Bertz CT molecular complexity index is 453. The number of aryl methyl sites for hydroxylation is 1. The number of nitrogens with two attached hydrogens (primary N) is 1.